The number of benzene rings is 2. The summed E-state index contributed by atoms with van der Waals surface area (Å²) in [5.74, 6) is 0. The van der Waals surface area contributed by atoms with Crippen molar-refractivity contribution in [3.05, 3.63) is 58.1 Å². The predicted molar refractivity (Wildman–Crippen MR) is 86.4 cm³/mol. The number of rotatable bonds is 2. The minimum Gasteiger partial charge on any atom is -0.392 e. The molecule has 0 fully saturated rings. The maximum Gasteiger partial charge on any atom is 0.0702 e. The highest BCUT2D eigenvalue weighted by molar-refractivity contribution is 9.10. The standard InChI is InChI=1S/C17H18BrNO/c1-12-6-7-13-4-2-3-5-16(13)19(12)17-10-15(18)9-8-14(17)11-20/h2-5,8-10,12,20H,6-7,11H2,1H3. The molecule has 20 heavy (non-hydrogen) atoms. The van der Waals surface area contributed by atoms with E-state index in [1.165, 1.54) is 11.3 Å². The summed E-state index contributed by atoms with van der Waals surface area (Å²) in [6.07, 6.45) is 2.25. The number of aryl methyl sites for hydroxylation is 1. The van der Waals surface area contributed by atoms with Gasteiger partial charge in [-0.05, 0) is 43.5 Å². The van der Waals surface area contributed by atoms with Crippen LogP contribution >= 0.6 is 15.9 Å². The Morgan fingerprint density at radius 2 is 2.00 bits per heavy atom. The van der Waals surface area contributed by atoms with Gasteiger partial charge in [0.2, 0.25) is 0 Å². The molecule has 0 aromatic heterocycles. The number of fused-ring (bicyclic) bond motifs is 1. The van der Waals surface area contributed by atoms with E-state index in [2.05, 4.69) is 58.1 Å². The van der Waals surface area contributed by atoms with Gasteiger partial charge >= 0.3 is 0 Å². The molecule has 2 aromatic rings. The zero-order valence-corrected chi connectivity index (χ0v) is 13.1. The first-order valence-corrected chi connectivity index (χ1v) is 7.76. The Bertz CT molecular complexity index is 626. The van der Waals surface area contributed by atoms with E-state index >= 15 is 0 Å². The fourth-order valence-corrected chi connectivity index (χ4v) is 3.30. The molecule has 104 valence electrons. The van der Waals surface area contributed by atoms with Gasteiger partial charge in [0.1, 0.15) is 0 Å². The molecule has 1 atom stereocenters. The molecule has 0 saturated heterocycles. The van der Waals surface area contributed by atoms with Crippen LogP contribution in [0.25, 0.3) is 0 Å². The second kappa shape index (κ2) is 5.58. The molecule has 1 aliphatic rings. The largest absolute Gasteiger partial charge is 0.392 e. The van der Waals surface area contributed by atoms with Gasteiger partial charge in [0.15, 0.2) is 0 Å². The summed E-state index contributed by atoms with van der Waals surface area (Å²) < 4.78 is 1.04. The van der Waals surface area contributed by atoms with E-state index in [-0.39, 0.29) is 6.61 Å². The third-order valence-electron chi connectivity index (χ3n) is 4.00. The van der Waals surface area contributed by atoms with Crippen molar-refractivity contribution in [1.29, 1.82) is 0 Å². The fraction of sp³-hybridized carbons (Fsp3) is 0.294. The normalized spacial score (nSPS) is 17.9. The number of aliphatic hydroxyl groups excluding tert-OH is 1. The first-order valence-electron chi connectivity index (χ1n) is 6.97. The van der Waals surface area contributed by atoms with E-state index < -0.39 is 0 Å². The summed E-state index contributed by atoms with van der Waals surface area (Å²) in [6, 6.07) is 15.1. The lowest BCUT2D eigenvalue weighted by atomic mass is 9.95. The summed E-state index contributed by atoms with van der Waals surface area (Å²) in [4.78, 5) is 2.36. The molecule has 1 heterocycles. The molecule has 0 spiro atoms. The zero-order chi connectivity index (χ0) is 14.1. The SMILES string of the molecule is CC1CCc2ccccc2N1c1cc(Br)ccc1CO. The monoisotopic (exact) mass is 331 g/mol. The molecule has 1 unspecified atom stereocenters. The van der Waals surface area contributed by atoms with E-state index in [1.807, 2.05) is 12.1 Å². The average Bonchev–Trinajstić information content (AvgIpc) is 2.47. The highest BCUT2D eigenvalue weighted by Gasteiger charge is 2.25. The molecule has 0 aliphatic carbocycles. The van der Waals surface area contributed by atoms with Gasteiger partial charge in [0.25, 0.3) is 0 Å². The summed E-state index contributed by atoms with van der Waals surface area (Å²) in [7, 11) is 0. The van der Waals surface area contributed by atoms with Crippen LogP contribution in [0.3, 0.4) is 0 Å². The van der Waals surface area contributed by atoms with Crippen LogP contribution in [0, 0.1) is 0 Å². The molecule has 1 N–H and O–H groups in total. The molecule has 3 rings (SSSR count). The van der Waals surface area contributed by atoms with Crippen molar-refractivity contribution in [2.75, 3.05) is 4.90 Å². The second-order valence-electron chi connectivity index (χ2n) is 5.32. The first-order chi connectivity index (χ1) is 9.70. The minimum atomic E-state index is 0.0635. The second-order valence-corrected chi connectivity index (χ2v) is 6.23. The molecule has 3 heteroatoms. The van der Waals surface area contributed by atoms with Crippen molar-refractivity contribution < 1.29 is 5.11 Å². The van der Waals surface area contributed by atoms with E-state index in [0.29, 0.717) is 6.04 Å². The average molecular weight is 332 g/mol. The van der Waals surface area contributed by atoms with Gasteiger partial charge in [-0.2, -0.15) is 0 Å². The van der Waals surface area contributed by atoms with Crippen LogP contribution in [-0.2, 0) is 13.0 Å². The van der Waals surface area contributed by atoms with Crippen molar-refractivity contribution in [3.8, 4) is 0 Å². The van der Waals surface area contributed by atoms with Crippen LogP contribution < -0.4 is 4.90 Å². The van der Waals surface area contributed by atoms with Crippen LogP contribution in [0.2, 0.25) is 0 Å². The molecule has 2 aromatic carbocycles. The van der Waals surface area contributed by atoms with Crippen LogP contribution in [-0.4, -0.2) is 11.1 Å². The van der Waals surface area contributed by atoms with Gasteiger partial charge in [0, 0.05) is 27.5 Å². The third kappa shape index (κ3) is 2.36. The summed E-state index contributed by atoms with van der Waals surface area (Å²) >= 11 is 3.54. The van der Waals surface area contributed by atoms with Crippen molar-refractivity contribution in [1.82, 2.24) is 0 Å². The lowest BCUT2D eigenvalue weighted by molar-refractivity contribution is 0.282. The smallest absolute Gasteiger partial charge is 0.0702 e. The van der Waals surface area contributed by atoms with Crippen molar-refractivity contribution >= 4 is 27.3 Å². The maximum absolute atomic E-state index is 9.63. The fourth-order valence-electron chi connectivity index (χ4n) is 2.95. The van der Waals surface area contributed by atoms with E-state index in [0.717, 1.165) is 28.6 Å². The van der Waals surface area contributed by atoms with Crippen molar-refractivity contribution in [2.45, 2.75) is 32.4 Å². The van der Waals surface area contributed by atoms with Gasteiger partial charge in [-0.15, -0.1) is 0 Å². The molecular weight excluding hydrogens is 314 g/mol. The van der Waals surface area contributed by atoms with Crippen LogP contribution in [0.1, 0.15) is 24.5 Å². The summed E-state index contributed by atoms with van der Waals surface area (Å²) in [5, 5.41) is 9.63. The Balaban J connectivity index is 2.16. The molecule has 2 nitrogen and oxygen atoms in total. The number of anilines is 2. The molecular formula is C17H18BrNO. The number of nitrogens with zero attached hydrogens (tertiary/aromatic N) is 1. The van der Waals surface area contributed by atoms with Gasteiger partial charge in [-0.3, -0.25) is 0 Å². The van der Waals surface area contributed by atoms with Crippen LogP contribution in [0.5, 0.6) is 0 Å². The number of aliphatic hydroxyl groups is 1. The Labute approximate surface area is 128 Å². The Morgan fingerprint density at radius 3 is 2.80 bits per heavy atom. The number of hydrogen-bond acceptors (Lipinski definition) is 2. The molecule has 0 saturated carbocycles. The van der Waals surface area contributed by atoms with E-state index in [4.69, 9.17) is 0 Å². The number of halogens is 1. The Hall–Kier alpha value is -1.32. The lowest BCUT2D eigenvalue weighted by Gasteiger charge is -2.38. The van der Waals surface area contributed by atoms with Gasteiger partial charge < -0.3 is 10.0 Å². The van der Waals surface area contributed by atoms with E-state index in [1.54, 1.807) is 0 Å². The van der Waals surface area contributed by atoms with Gasteiger partial charge in [0.05, 0.1) is 6.61 Å². The molecule has 1 aliphatic heterocycles. The minimum absolute atomic E-state index is 0.0635. The van der Waals surface area contributed by atoms with Gasteiger partial charge in [-0.25, -0.2) is 0 Å². The topological polar surface area (TPSA) is 23.5 Å². The van der Waals surface area contributed by atoms with Crippen molar-refractivity contribution in [2.24, 2.45) is 0 Å². The first kappa shape index (κ1) is 13.7. The van der Waals surface area contributed by atoms with Gasteiger partial charge in [-0.1, -0.05) is 40.2 Å². The van der Waals surface area contributed by atoms with Crippen LogP contribution in [0.4, 0.5) is 11.4 Å². The number of hydrogen-bond donors (Lipinski definition) is 1. The molecule has 0 bridgehead atoms. The summed E-state index contributed by atoms with van der Waals surface area (Å²) in [6.45, 7) is 2.31. The Kier molecular flexibility index (Phi) is 3.81. The lowest BCUT2D eigenvalue weighted by Crippen LogP contribution is -2.33. The molecule has 0 amide bonds. The number of para-hydroxylation sites is 1. The maximum atomic E-state index is 9.63. The van der Waals surface area contributed by atoms with Crippen molar-refractivity contribution in [3.63, 3.8) is 0 Å². The highest BCUT2D eigenvalue weighted by Crippen LogP contribution is 2.39. The van der Waals surface area contributed by atoms with E-state index in [9.17, 15) is 5.11 Å². The highest BCUT2D eigenvalue weighted by atomic mass is 79.9. The predicted octanol–water partition coefficient (Wildman–Crippen LogP) is 4.41. The Morgan fingerprint density at radius 1 is 1.20 bits per heavy atom. The summed E-state index contributed by atoms with van der Waals surface area (Å²) in [5.41, 5.74) is 4.71. The molecule has 0 radical (unpaired) electrons. The zero-order valence-electron chi connectivity index (χ0n) is 11.5. The van der Waals surface area contributed by atoms with Crippen LogP contribution in [0.15, 0.2) is 46.9 Å². The quantitative estimate of drug-likeness (QED) is 0.880. The third-order valence-corrected chi connectivity index (χ3v) is 4.49.